The fraction of sp³-hybridized carbons (Fsp3) is 0.569. The summed E-state index contributed by atoms with van der Waals surface area (Å²) in [6.07, 6.45) is 32.3. The van der Waals surface area contributed by atoms with Crippen LogP contribution < -0.4 is 14.5 Å². The molecule has 4 rings (SSSR count). The van der Waals surface area contributed by atoms with E-state index in [0.29, 0.717) is 37.4 Å². The minimum Gasteiger partial charge on any atom is -0.462 e. The summed E-state index contributed by atoms with van der Waals surface area (Å²) >= 11 is 0. The molecule has 3 aromatic rings. The zero-order valence-corrected chi connectivity index (χ0v) is 36.6. The van der Waals surface area contributed by atoms with E-state index >= 15 is 0 Å². The molecular weight excluding hydrogens is 719 g/mol. The van der Waals surface area contributed by atoms with Crippen molar-refractivity contribution >= 4 is 11.9 Å². The molecule has 0 bridgehead atoms. The SMILES string of the molecule is CCCCCCCCCCCCOC(=O)C1=C(C[n+]2cccc(C)c2)NC(C[n+]2cccc(C)c2)=C(C(=O)OCCCCCCCCCCCC)C1c1ccccc1. The van der Waals surface area contributed by atoms with E-state index in [2.05, 4.69) is 66.7 Å². The molecule has 0 unspecified atom stereocenters. The maximum absolute atomic E-state index is 14.5. The maximum Gasteiger partial charge on any atom is 0.337 e. The summed E-state index contributed by atoms with van der Waals surface area (Å²) in [6.45, 7) is 10.2. The van der Waals surface area contributed by atoms with E-state index in [-0.39, 0.29) is 11.9 Å². The van der Waals surface area contributed by atoms with Crippen molar-refractivity contribution in [3.63, 3.8) is 0 Å². The van der Waals surface area contributed by atoms with Crippen LogP contribution in [0.25, 0.3) is 0 Å². The van der Waals surface area contributed by atoms with Gasteiger partial charge in [-0.05, 0) is 44.4 Å². The van der Waals surface area contributed by atoms with Crippen molar-refractivity contribution in [3.05, 3.63) is 119 Å². The van der Waals surface area contributed by atoms with Crippen LogP contribution in [-0.2, 0) is 32.2 Å². The van der Waals surface area contributed by atoms with Gasteiger partial charge in [-0.25, -0.2) is 9.59 Å². The summed E-state index contributed by atoms with van der Waals surface area (Å²) in [4.78, 5) is 29.1. The van der Waals surface area contributed by atoms with Crippen molar-refractivity contribution in [3.8, 4) is 0 Å². The zero-order chi connectivity index (χ0) is 41.2. The number of dihydropyridines is 1. The number of unbranched alkanes of at least 4 members (excludes halogenated alkanes) is 18. The van der Waals surface area contributed by atoms with Crippen LogP contribution in [-0.4, -0.2) is 25.2 Å². The van der Waals surface area contributed by atoms with Gasteiger partial charge < -0.3 is 14.8 Å². The van der Waals surface area contributed by atoms with Gasteiger partial charge in [0.2, 0.25) is 0 Å². The molecule has 58 heavy (non-hydrogen) atoms. The average molecular weight is 794 g/mol. The summed E-state index contributed by atoms with van der Waals surface area (Å²) in [7, 11) is 0. The highest BCUT2D eigenvalue weighted by Gasteiger charge is 2.42. The highest BCUT2D eigenvalue weighted by atomic mass is 16.5. The highest BCUT2D eigenvalue weighted by molar-refractivity contribution is 6.00. The molecule has 2 aromatic heterocycles. The van der Waals surface area contributed by atoms with Gasteiger partial charge >= 0.3 is 11.9 Å². The first-order chi connectivity index (χ1) is 28.4. The third-order valence-corrected chi connectivity index (χ3v) is 11.3. The normalized spacial score (nSPS) is 13.2. The number of nitrogens with zero attached hydrogens (tertiary/aromatic N) is 2. The first-order valence-corrected chi connectivity index (χ1v) is 22.9. The molecule has 316 valence electrons. The van der Waals surface area contributed by atoms with Crippen molar-refractivity contribution in [1.82, 2.24) is 5.32 Å². The summed E-state index contributed by atoms with van der Waals surface area (Å²) in [5.41, 5.74) is 5.49. The smallest absolute Gasteiger partial charge is 0.337 e. The number of nitrogens with one attached hydrogen (secondary N) is 1. The van der Waals surface area contributed by atoms with E-state index in [9.17, 15) is 9.59 Å². The number of pyridine rings is 2. The van der Waals surface area contributed by atoms with Crippen molar-refractivity contribution < 1.29 is 28.2 Å². The lowest BCUT2D eigenvalue weighted by atomic mass is 9.80. The molecule has 0 aliphatic carbocycles. The van der Waals surface area contributed by atoms with Crippen molar-refractivity contribution in [2.75, 3.05) is 13.2 Å². The van der Waals surface area contributed by atoms with Crippen LogP contribution >= 0.6 is 0 Å². The van der Waals surface area contributed by atoms with E-state index in [1.165, 1.54) is 89.9 Å². The number of esters is 2. The first kappa shape index (κ1) is 46.4. The van der Waals surface area contributed by atoms with Gasteiger partial charge in [0.1, 0.15) is 0 Å². The van der Waals surface area contributed by atoms with Crippen LogP contribution in [0.15, 0.2) is 102 Å². The predicted octanol–water partition coefficient (Wildman–Crippen LogP) is 11.4. The third kappa shape index (κ3) is 16.5. The molecular formula is C51H75N3O4+2. The Balaban J connectivity index is 1.57. The zero-order valence-electron chi connectivity index (χ0n) is 36.6. The number of ether oxygens (including phenoxy) is 2. The monoisotopic (exact) mass is 794 g/mol. The van der Waals surface area contributed by atoms with Crippen LogP contribution in [0.1, 0.15) is 165 Å². The van der Waals surface area contributed by atoms with Gasteiger partial charge in [0.25, 0.3) is 0 Å². The van der Waals surface area contributed by atoms with Gasteiger partial charge in [-0.15, -0.1) is 0 Å². The van der Waals surface area contributed by atoms with Crippen LogP contribution in [0, 0.1) is 13.8 Å². The molecule has 1 aliphatic rings. The lowest BCUT2D eigenvalue weighted by Crippen LogP contribution is -2.46. The third-order valence-electron chi connectivity index (χ3n) is 11.3. The number of allylic oxidation sites excluding steroid dienone is 2. The number of carbonyl (C=O) groups is 2. The molecule has 7 heteroatoms. The van der Waals surface area contributed by atoms with Crippen molar-refractivity contribution in [2.45, 2.75) is 175 Å². The summed E-state index contributed by atoms with van der Waals surface area (Å²) < 4.78 is 16.5. The molecule has 1 aromatic carbocycles. The fourth-order valence-corrected chi connectivity index (χ4v) is 8.05. The minimum atomic E-state index is -0.663. The molecule has 0 atom stereocenters. The molecule has 0 saturated heterocycles. The Morgan fingerprint density at radius 1 is 0.517 bits per heavy atom. The number of carbonyl (C=O) groups excluding carboxylic acids is 2. The second-order valence-electron chi connectivity index (χ2n) is 16.5. The van der Waals surface area contributed by atoms with Gasteiger partial charge in [0.15, 0.2) is 37.9 Å². The summed E-state index contributed by atoms with van der Waals surface area (Å²) in [5.74, 6) is -1.44. The van der Waals surface area contributed by atoms with Gasteiger partial charge in [-0.3, -0.25) is 0 Å². The lowest BCUT2D eigenvalue weighted by Gasteiger charge is -2.31. The maximum atomic E-state index is 14.5. The first-order valence-electron chi connectivity index (χ1n) is 22.9. The molecule has 0 amide bonds. The number of hydrogen-bond acceptors (Lipinski definition) is 5. The van der Waals surface area contributed by atoms with E-state index in [1.54, 1.807) is 0 Å². The van der Waals surface area contributed by atoms with Crippen molar-refractivity contribution in [2.24, 2.45) is 0 Å². The number of aryl methyl sites for hydroxylation is 2. The van der Waals surface area contributed by atoms with Crippen LogP contribution in [0.2, 0.25) is 0 Å². The van der Waals surface area contributed by atoms with Gasteiger partial charge in [-0.1, -0.05) is 160 Å². The van der Waals surface area contributed by atoms with Crippen LogP contribution in [0.3, 0.4) is 0 Å². The standard InChI is InChI=1S/C51H74N3O4/c1-5-7-9-11-13-15-17-19-21-26-36-57-50(55)48-45(40-53-34-28-30-42(3)38-53)52-46(41-54-35-29-31-43(4)39-54)49(47(48)44-32-24-23-25-33-44)51(56)58-37-27-22-20-18-16-14-12-10-8-6-2/h23-25,28-35,38-39,47H,5-22,26-27,36-37,40-41H2,1-4H3/q+1/p+1. The topological polar surface area (TPSA) is 72.4 Å². The second-order valence-corrected chi connectivity index (χ2v) is 16.5. The fourth-order valence-electron chi connectivity index (χ4n) is 8.05. The number of benzene rings is 1. The van der Waals surface area contributed by atoms with Crippen LogP contribution in [0.4, 0.5) is 0 Å². The Hall–Kier alpha value is -4.26. The molecule has 0 radical (unpaired) electrons. The molecule has 0 saturated carbocycles. The van der Waals surface area contributed by atoms with E-state index < -0.39 is 5.92 Å². The Kier molecular flexibility index (Phi) is 22.0. The predicted molar refractivity (Wildman–Crippen MR) is 235 cm³/mol. The molecule has 0 spiro atoms. The minimum absolute atomic E-state index is 0.347. The number of aromatic nitrogens is 2. The van der Waals surface area contributed by atoms with Gasteiger partial charge in [0, 0.05) is 23.3 Å². The average Bonchev–Trinajstić information content (AvgIpc) is 3.22. The molecule has 0 fully saturated rings. The van der Waals surface area contributed by atoms with E-state index in [1.807, 2.05) is 54.9 Å². The Bertz CT molecular complexity index is 1610. The van der Waals surface area contributed by atoms with E-state index in [4.69, 9.17) is 9.47 Å². The Labute approximate surface area is 351 Å². The summed E-state index contributed by atoms with van der Waals surface area (Å²) in [5, 5.41) is 3.65. The Morgan fingerprint density at radius 3 is 1.28 bits per heavy atom. The molecule has 1 aliphatic heterocycles. The lowest BCUT2D eigenvalue weighted by molar-refractivity contribution is -0.692. The number of rotatable bonds is 29. The van der Waals surface area contributed by atoms with E-state index in [0.717, 1.165) is 66.6 Å². The molecule has 1 N–H and O–H groups in total. The molecule has 7 nitrogen and oxygen atoms in total. The largest absolute Gasteiger partial charge is 0.462 e. The Morgan fingerprint density at radius 2 is 0.897 bits per heavy atom. The number of hydrogen-bond donors (Lipinski definition) is 1. The van der Waals surface area contributed by atoms with Crippen LogP contribution in [0.5, 0.6) is 0 Å². The molecule has 3 heterocycles. The van der Waals surface area contributed by atoms with Gasteiger partial charge in [0.05, 0.1) is 41.7 Å². The summed E-state index contributed by atoms with van der Waals surface area (Å²) in [6, 6.07) is 18.1. The quantitative estimate of drug-likeness (QED) is 0.0430. The van der Waals surface area contributed by atoms with Gasteiger partial charge in [-0.2, -0.15) is 9.13 Å². The highest BCUT2D eigenvalue weighted by Crippen LogP contribution is 2.40. The second kappa shape index (κ2) is 27.4. The van der Waals surface area contributed by atoms with Crippen molar-refractivity contribution in [1.29, 1.82) is 0 Å².